The highest BCUT2D eigenvalue weighted by Crippen LogP contribution is 2.31. The fourth-order valence-electron chi connectivity index (χ4n) is 5.77. The number of rotatable bonds is 13. The predicted molar refractivity (Wildman–Crippen MR) is 177 cm³/mol. The van der Waals surface area contributed by atoms with Gasteiger partial charge in [0, 0.05) is 81.8 Å². The average molecular weight is 616 g/mol. The number of benzene rings is 3. The van der Waals surface area contributed by atoms with Crippen molar-refractivity contribution in [3.8, 4) is 11.5 Å². The first-order valence-electron chi connectivity index (χ1n) is 16.0. The number of hydrogen-bond acceptors (Lipinski definition) is 8. The number of piperidine rings is 1. The third-order valence-corrected chi connectivity index (χ3v) is 8.41. The highest BCUT2D eigenvalue weighted by atomic mass is 16.6. The molecule has 2 saturated heterocycles. The molecule has 10 nitrogen and oxygen atoms in total. The van der Waals surface area contributed by atoms with Gasteiger partial charge in [0.1, 0.15) is 12.4 Å². The van der Waals surface area contributed by atoms with E-state index < -0.39 is 4.92 Å². The molecule has 2 fully saturated rings. The zero-order valence-electron chi connectivity index (χ0n) is 26.4. The lowest BCUT2D eigenvalue weighted by molar-refractivity contribution is -0.385. The Bertz CT molecular complexity index is 1390. The Balaban J connectivity index is 1.00. The first-order chi connectivity index (χ1) is 21.8. The summed E-state index contributed by atoms with van der Waals surface area (Å²) in [6, 6.07) is 23.6. The van der Waals surface area contributed by atoms with Gasteiger partial charge in [-0.05, 0) is 54.7 Å². The number of nitro groups is 1. The minimum Gasteiger partial charge on any atom is -0.489 e. The molecule has 0 atom stereocenters. The van der Waals surface area contributed by atoms with Crippen LogP contribution < -0.4 is 19.7 Å². The van der Waals surface area contributed by atoms with Crippen LogP contribution in [-0.4, -0.2) is 79.1 Å². The standard InChI is InChI=1S/C35H45N5O5/c1-27(2)25-45-34-24-30(8-13-33(34)40(42)43)36-29-14-18-39(19-15-29)35(41)16-17-37-20-22-38(23-21-37)31-9-11-32(12-10-31)44-26-28-6-4-3-5-7-28/h3-13,24,27,29,36H,14-23,25-26H2,1-2H3. The summed E-state index contributed by atoms with van der Waals surface area (Å²) in [5, 5.41) is 14.9. The lowest BCUT2D eigenvalue weighted by atomic mass is 10.0. The first kappa shape index (κ1) is 32.1. The molecule has 0 saturated carbocycles. The zero-order chi connectivity index (χ0) is 31.6. The van der Waals surface area contributed by atoms with Gasteiger partial charge in [-0.1, -0.05) is 44.2 Å². The number of likely N-dealkylation sites (tertiary alicyclic amines) is 1. The molecule has 0 bridgehead atoms. The van der Waals surface area contributed by atoms with Gasteiger partial charge in [-0.25, -0.2) is 0 Å². The number of amides is 1. The quantitative estimate of drug-likeness (QED) is 0.190. The van der Waals surface area contributed by atoms with E-state index in [-0.39, 0.29) is 29.3 Å². The molecule has 0 spiro atoms. The average Bonchev–Trinajstić information content (AvgIpc) is 3.06. The number of carbonyl (C=O) groups is 1. The molecule has 2 aliphatic heterocycles. The van der Waals surface area contributed by atoms with E-state index in [4.69, 9.17) is 9.47 Å². The monoisotopic (exact) mass is 615 g/mol. The fourth-order valence-corrected chi connectivity index (χ4v) is 5.77. The maximum absolute atomic E-state index is 13.0. The zero-order valence-corrected chi connectivity index (χ0v) is 26.4. The van der Waals surface area contributed by atoms with Crippen LogP contribution in [0.15, 0.2) is 72.8 Å². The van der Waals surface area contributed by atoms with E-state index in [9.17, 15) is 14.9 Å². The summed E-state index contributed by atoms with van der Waals surface area (Å²) < 4.78 is 11.6. The molecule has 0 unspecified atom stereocenters. The molecule has 2 aliphatic rings. The Labute approximate surface area is 266 Å². The number of carbonyl (C=O) groups excluding carboxylic acids is 1. The van der Waals surface area contributed by atoms with E-state index in [0.717, 1.165) is 62.6 Å². The summed E-state index contributed by atoms with van der Waals surface area (Å²) in [5.41, 5.74) is 3.12. The molecule has 5 rings (SSSR count). The van der Waals surface area contributed by atoms with Crippen molar-refractivity contribution in [1.82, 2.24) is 9.80 Å². The van der Waals surface area contributed by atoms with E-state index >= 15 is 0 Å². The topological polar surface area (TPSA) is 100 Å². The Kier molecular flexibility index (Phi) is 11.1. The number of nitrogens with zero attached hydrogens (tertiary/aromatic N) is 4. The highest BCUT2D eigenvalue weighted by molar-refractivity contribution is 5.76. The SMILES string of the molecule is CC(C)COc1cc(NC2CCN(C(=O)CCN3CCN(c4ccc(OCc5ccccc5)cc4)CC3)CC2)ccc1[N+](=O)[O-]. The summed E-state index contributed by atoms with van der Waals surface area (Å²) in [6.07, 6.45) is 2.20. The molecule has 2 heterocycles. The maximum atomic E-state index is 13.0. The van der Waals surface area contributed by atoms with Crippen molar-refractivity contribution < 1.29 is 19.2 Å². The van der Waals surface area contributed by atoms with Crippen molar-refractivity contribution in [3.63, 3.8) is 0 Å². The number of piperazine rings is 1. The second-order valence-electron chi connectivity index (χ2n) is 12.3. The number of anilines is 2. The first-order valence-corrected chi connectivity index (χ1v) is 16.0. The molecule has 10 heteroatoms. The molecular weight excluding hydrogens is 570 g/mol. The van der Waals surface area contributed by atoms with Gasteiger partial charge in [0.15, 0.2) is 5.75 Å². The van der Waals surface area contributed by atoms with Crippen LogP contribution in [0.5, 0.6) is 11.5 Å². The Hall–Kier alpha value is -4.31. The smallest absolute Gasteiger partial charge is 0.311 e. The summed E-state index contributed by atoms with van der Waals surface area (Å²) in [6.45, 7) is 10.9. The Morgan fingerprint density at radius 3 is 2.31 bits per heavy atom. The van der Waals surface area contributed by atoms with Crippen LogP contribution in [0.3, 0.4) is 0 Å². The van der Waals surface area contributed by atoms with Gasteiger partial charge in [0.05, 0.1) is 11.5 Å². The third-order valence-electron chi connectivity index (χ3n) is 8.41. The maximum Gasteiger partial charge on any atom is 0.311 e. The number of hydrogen-bond donors (Lipinski definition) is 1. The van der Waals surface area contributed by atoms with E-state index in [1.807, 2.05) is 49.1 Å². The molecule has 0 aliphatic carbocycles. The number of nitro benzene ring substituents is 1. The molecular formula is C35H45N5O5. The van der Waals surface area contributed by atoms with Crippen LogP contribution in [0.25, 0.3) is 0 Å². The summed E-state index contributed by atoms with van der Waals surface area (Å²) >= 11 is 0. The van der Waals surface area contributed by atoms with Gasteiger partial charge >= 0.3 is 5.69 Å². The van der Waals surface area contributed by atoms with E-state index in [1.165, 1.54) is 11.8 Å². The largest absolute Gasteiger partial charge is 0.489 e. The van der Waals surface area contributed by atoms with Gasteiger partial charge < -0.3 is 24.6 Å². The predicted octanol–water partition coefficient (Wildman–Crippen LogP) is 5.82. The normalized spacial score (nSPS) is 16.1. The summed E-state index contributed by atoms with van der Waals surface area (Å²) in [7, 11) is 0. The second-order valence-corrected chi connectivity index (χ2v) is 12.3. The van der Waals surface area contributed by atoms with E-state index in [0.29, 0.717) is 32.7 Å². The lowest BCUT2D eigenvalue weighted by Crippen LogP contribution is -2.48. The number of nitrogens with one attached hydrogen (secondary N) is 1. The molecule has 0 radical (unpaired) electrons. The van der Waals surface area contributed by atoms with Crippen LogP contribution in [0.2, 0.25) is 0 Å². The third kappa shape index (κ3) is 9.34. The molecule has 45 heavy (non-hydrogen) atoms. The second kappa shape index (κ2) is 15.6. The van der Waals surface area contributed by atoms with Gasteiger partial charge in [-0.15, -0.1) is 0 Å². The molecule has 0 aromatic heterocycles. The van der Waals surface area contributed by atoms with E-state index in [1.54, 1.807) is 12.1 Å². The van der Waals surface area contributed by atoms with Crippen LogP contribution in [0, 0.1) is 16.0 Å². The Morgan fingerprint density at radius 2 is 1.64 bits per heavy atom. The molecule has 3 aromatic carbocycles. The van der Waals surface area contributed by atoms with Crippen molar-refractivity contribution in [2.24, 2.45) is 5.92 Å². The van der Waals surface area contributed by atoms with Crippen LogP contribution in [0.1, 0.15) is 38.7 Å². The van der Waals surface area contributed by atoms with Crippen molar-refractivity contribution in [3.05, 3.63) is 88.5 Å². The number of ether oxygens (including phenoxy) is 2. The summed E-state index contributed by atoms with van der Waals surface area (Å²) in [5.74, 6) is 1.63. The van der Waals surface area contributed by atoms with Crippen molar-refractivity contribution >= 4 is 23.0 Å². The lowest BCUT2D eigenvalue weighted by Gasteiger charge is -2.37. The Morgan fingerprint density at radius 1 is 0.933 bits per heavy atom. The summed E-state index contributed by atoms with van der Waals surface area (Å²) in [4.78, 5) is 30.8. The van der Waals surface area contributed by atoms with Gasteiger partial charge in [0.25, 0.3) is 0 Å². The van der Waals surface area contributed by atoms with Crippen molar-refractivity contribution in [2.45, 2.75) is 45.8 Å². The highest BCUT2D eigenvalue weighted by Gasteiger charge is 2.25. The molecule has 3 aromatic rings. The minimum atomic E-state index is -0.411. The van der Waals surface area contributed by atoms with Crippen molar-refractivity contribution in [1.29, 1.82) is 0 Å². The van der Waals surface area contributed by atoms with Crippen LogP contribution in [-0.2, 0) is 11.4 Å². The van der Waals surface area contributed by atoms with E-state index in [2.05, 4.69) is 39.4 Å². The fraction of sp³-hybridized carbons (Fsp3) is 0.457. The van der Waals surface area contributed by atoms with Gasteiger partial charge in [-0.2, -0.15) is 0 Å². The van der Waals surface area contributed by atoms with Gasteiger partial charge in [0.2, 0.25) is 5.91 Å². The molecule has 240 valence electrons. The molecule has 1 amide bonds. The van der Waals surface area contributed by atoms with Crippen LogP contribution in [0.4, 0.5) is 17.1 Å². The molecule has 1 N–H and O–H groups in total. The minimum absolute atomic E-state index is 0.0260. The van der Waals surface area contributed by atoms with Crippen molar-refractivity contribution in [2.75, 3.05) is 62.6 Å². The van der Waals surface area contributed by atoms with Gasteiger partial charge in [-0.3, -0.25) is 19.8 Å². The van der Waals surface area contributed by atoms with Crippen LogP contribution >= 0.6 is 0 Å².